The van der Waals surface area contributed by atoms with Crippen LogP contribution in [0.1, 0.15) is 45.7 Å². The smallest absolute Gasteiger partial charge is 0.333 e. The third-order valence-corrected chi connectivity index (χ3v) is 3.75. The Hall–Kier alpha value is -1.63. The lowest BCUT2D eigenvalue weighted by Crippen LogP contribution is -2.40. The molecule has 0 bridgehead atoms. The number of hydrogen-bond donors (Lipinski definition) is 1. The summed E-state index contributed by atoms with van der Waals surface area (Å²) in [4.78, 5) is 11.0. The van der Waals surface area contributed by atoms with E-state index in [9.17, 15) is 10.1 Å². The Bertz CT molecular complexity index is 525. The van der Waals surface area contributed by atoms with Crippen molar-refractivity contribution in [3.63, 3.8) is 0 Å². The van der Waals surface area contributed by atoms with Gasteiger partial charge in [0, 0.05) is 19.2 Å². The average Bonchev–Trinajstić information content (AvgIpc) is 2.65. The largest absolute Gasteiger partial charge is 0.375 e. The summed E-state index contributed by atoms with van der Waals surface area (Å²) in [7, 11) is 0. The first-order chi connectivity index (χ1) is 9.84. The van der Waals surface area contributed by atoms with Crippen LogP contribution < -0.4 is 5.32 Å². The Morgan fingerprint density at radius 2 is 2.29 bits per heavy atom. The molecule has 0 radical (unpaired) electrons. The van der Waals surface area contributed by atoms with Crippen molar-refractivity contribution in [2.24, 2.45) is 0 Å². The second-order valence-corrected chi connectivity index (χ2v) is 6.21. The first kappa shape index (κ1) is 15.8. The molecule has 1 saturated heterocycles. The highest BCUT2D eigenvalue weighted by Crippen LogP contribution is 2.32. The number of nitrogens with one attached hydrogen (secondary N) is 1. The highest BCUT2D eigenvalue weighted by Gasteiger charge is 2.32. The molecule has 1 aliphatic rings. The normalized spacial score (nSPS) is 21.2. The molecule has 2 rings (SSSR count). The lowest BCUT2D eigenvalue weighted by atomic mass is 9.94. The maximum Gasteiger partial charge on any atom is 0.333 e. The number of aryl methyl sites for hydroxylation is 2. The molecule has 7 heteroatoms. The minimum atomic E-state index is -0.346. The van der Waals surface area contributed by atoms with Crippen molar-refractivity contribution >= 4 is 11.5 Å². The van der Waals surface area contributed by atoms with E-state index in [1.807, 2.05) is 20.8 Å². The molecule has 0 aliphatic carbocycles. The third-order valence-electron chi connectivity index (χ3n) is 3.75. The Morgan fingerprint density at radius 1 is 1.57 bits per heavy atom. The van der Waals surface area contributed by atoms with Crippen LogP contribution in [0.4, 0.5) is 11.5 Å². The van der Waals surface area contributed by atoms with Crippen LogP contribution in [-0.4, -0.2) is 33.0 Å². The number of anilines is 1. The third kappa shape index (κ3) is 3.53. The number of aromatic nitrogens is 2. The van der Waals surface area contributed by atoms with Crippen LogP contribution in [0.3, 0.4) is 0 Å². The molecule has 1 aromatic heterocycles. The van der Waals surface area contributed by atoms with Gasteiger partial charge in [0.15, 0.2) is 0 Å². The molecule has 0 spiro atoms. The van der Waals surface area contributed by atoms with Gasteiger partial charge in [0.25, 0.3) is 0 Å². The highest BCUT2D eigenvalue weighted by atomic mass is 16.6. The summed E-state index contributed by atoms with van der Waals surface area (Å²) >= 11 is 0. The minimum absolute atomic E-state index is 0.0905. The zero-order valence-electron chi connectivity index (χ0n) is 13.2. The molecule has 7 nitrogen and oxygen atoms in total. The van der Waals surface area contributed by atoms with E-state index in [-0.39, 0.29) is 22.3 Å². The monoisotopic (exact) mass is 296 g/mol. The Morgan fingerprint density at radius 3 is 2.86 bits per heavy atom. The molecule has 1 aliphatic heterocycles. The van der Waals surface area contributed by atoms with Gasteiger partial charge in [-0.05, 0) is 40.0 Å². The Kier molecular flexibility index (Phi) is 4.51. The summed E-state index contributed by atoms with van der Waals surface area (Å²) in [6.07, 6.45) is 2.55. The van der Waals surface area contributed by atoms with Crippen LogP contribution >= 0.6 is 0 Å². The predicted octanol–water partition coefficient (Wildman–Crippen LogP) is 2.88. The van der Waals surface area contributed by atoms with Gasteiger partial charge in [0.1, 0.15) is 5.69 Å². The van der Waals surface area contributed by atoms with Crippen LogP contribution in [0.25, 0.3) is 0 Å². The van der Waals surface area contributed by atoms with E-state index in [1.165, 1.54) is 0 Å². The molecule has 2 heterocycles. The lowest BCUT2D eigenvalue weighted by molar-refractivity contribution is -0.384. The van der Waals surface area contributed by atoms with E-state index in [0.717, 1.165) is 19.3 Å². The summed E-state index contributed by atoms with van der Waals surface area (Å²) in [6, 6.07) is 0.166. The second-order valence-electron chi connectivity index (χ2n) is 6.21. The van der Waals surface area contributed by atoms with E-state index in [1.54, 1.807) is 11.6 Å². The van der Waals surface area contributed by atoms with Crippen molar-refractivity contribution in [2.75, 3.05) is 11.9 Å². The van der Waals surface area contributed by atoms with Gasteiger partial charge < -0.3 is 10.1 Å². The van der Waals surface area contributed by atoms with Crippen molar-refractivity contribution in [1.29, 1.82) is 0 Å². The second kappa shape index (κ2) is 6.01. The predicted molar refractivity (Wildman–Crippen MR) is 80.6 cm³/mol. The molecular weight excluding hydrogens is 272 g/mol. The number of hydrogen-bond acceptors (Lipinski definition) is 5. The lowest BCUT2D eigenvalue weighted by Gasteiger charge is -2.36. The molecule has 1 aromatic rings. The minimum Gasteiger partial charge on any atom is -0.375 e. The van der Waals surface area contributed by atoms with Crippen molar-refractivity contribution in [1.82, 2.24) is 9.78 Å². The van der Waals surface area contributed by atoms with Gasteiger partial charge in [0.2, 0.25) is 5.82 Å². The molecule has 0 amide bonds. The van der Waals surface area contributed by atoms with Gasteiger partial charge >= 0.3 is 5.69 Å². The highest BCUT2D eigenvalue weighted by molar-refractivity contribution is 5.60. The molecular formula is C14H24N4O3. The topological polar surface area (TPSA) is 82.2 Å². The van der Waals surface area contributed by atoms with Gasteiger partial charge in [-0.3, -0.25) is 10.1 Å². The van der Waals surface area contributed by atoms with Crippen LogP contribution in [0.15, 0.2) is 0 Å². The summed E-state index contributed by atoms with van der Waals surface area (Å²) in [6.45, 7) is 9.14. The molecule has 1 fully saturated rings. The zero-order valence-corrected chi connectivity index (χ0v) is 13.2. The van der Waals surface area contributed by atoms with Crippen LogP contribution in [0.2, 0.25) is 0 Å². The number of nitro groups is 1. The first-order valence-electron chi connectivity index (χ1n) is 7.46. The molecule has 118 valence electrons. The SMILES string of the molecule is CCCn1nc(C)c([N+](=O)[O-])c1NC1CCOC(C)(C)C1. The van der Waals surface area contributed by atoms with Gasteiger partial charge in [-0.1, -0.05) is 6.92 Å². The molecule has 0 aromatic carbocycles. The summed E-state index contributed by atoms with van der Waals surface area (Å²) in [5, 5.41) is 19.0. The molecule has 21 heavy (non-hydrogen) atoms. The average molecular weight is 296 g/mol. The van der Waals surface area contributed by atoms with E-state index >= 15 is 0 Å². The van der Waals surface area contributed by atoms with Crippen LogP contribution in [0, 0.1) is 17.0 Å². The summed E-state index contributed by atoms with van der Waals surface area (Å²) in [5.41, 5.74) is 0.352. The number of nitrogens with zero attached hydrogens (tertiary/aromatic N) is 3. The first-order valence-corrected chi connectivity index (χ1v) is 7.46. The quantitative estimate of drug-likeness (QED) is 0.667. The van der Waals surface area contributed by atoms with Gasteiger partial charge in [-0.25, -0.2) is 4.68 Å². The molecule has 1 N–H and O–H groups in total. The zero-order chi connectivity index (χ0) is 15.6. The maximum absolute atomic E-state index is 11.3. The van der Waals surface area contributed by atoms with Gasteiger partial charge in [-0.2, -0.15) is 5.10 Å². The fraction of sp³-hybridized carbons (Fsp3) is 0.786. The van der Waals surface area contributed by atoms with Gasteiger partial charge in [0.05, 0.1) is 10.5 Å². The molecule has 1 unspecified atom stereocenters. The molecule has 0 saturated carbocycles. The van der Waals surface area contributed by atoms with Crippen molar-refractivity contribution in [3.05, 3.63) is 15.8 Å². The van der Waals surface area contributed by atoms with E-state index in [2.05, 4.69) is 10.4 Å². The molecule has 1 atom stereocenters. The van der Waals surface area contributed by atoms with E-state index in [4.69, 9.17) is 4.74 Å². The summed E-state index contributed by atoms with van der Waals surface area (Å²) < 4.78 is 7.42. The van der Waals surface area contributed by atoms with Crippen molar-refractivity contribution in [3.8, 4) is 0 Å². The van der Waals surface area contributed by atoms with E-state index in [0.29, 0.717) is 24.7 Å². The maximum atomic E-state index is 11.3. The van der Waals surface area contributed by atoms with Crippen LogP contribution in [-0.2, 0) is 11.3 Å². The fourth-order valence-electron chi connectivity index (χ4n) is 2.86. The van der Waals surface area contributed by atoms with Crippen LogP contribution in [0.5, 0.6) is 0 Å². The van der Waals surface area contributed by atoms with Crippen molar-refractivity contribution < 1.29 is 9.66 Å². The standard InChI is InChI=1S/C14H24N4O3/c1-5-7-17-13(12(18(19)20)10(2)16-17)15-11-6-8-21-14(3,4)9-11/h11,15H,5-9H2,1-4H3. The summed E-state index contributed by atoms with van der Waals surface area (Å²) in [5.74, 6) is 0.530. The van der Waals surface area contributed by atoms with Crippen molar-refractivity contribution in [2.45, 2.75) is 65.1 Å². The Balaban J connectivity index is 2.27. The number of ether oxygens (including phenoxy) is 1. The fourth-order valence-corrected chi connectivity index (χ4v) is 2.86. The van der Waals surface area contributed by atoms with E-state index < -0.39 is 0 Å². The number of rotatable bonds is 5. The van der Waals surface area contributed by atoms with Gasteiger partial charge in [-0.15, -0.1) is 0 Å². The Labute approximate surface area is 124 Å².